The molecule has 0 aliphatic carbocycles. The molecule has 0 saturated carbocycles. The molecule has 0 amide bonds. The first-order chi connectivity index (χ1) is 7.37. The van der Waals surface area contributed by atoms with E-state index in [4.69, 9.17) is 15.1 Å². The lowest BCUT2D eigenvalue weighted by atomic mass is 10.3. The van der Waals surface area contributed by atoms with Crippen LogP contribution in [0.2, 0.25) is 0 Å². The average Bonchev–Trinajstić information content (AvgIpc) is 2.14. The summed E-state index contributed by atoms with van der Waals surface area (Å²) in [4.78, 5) is 10.5. The molecule has 0 saturated heterocycles. The molecule has 0 fully saturated rings. The summed E-state index contributed by atoms with van der Waals surface area (Å²) in [5.74, 6) is -0.802. The van der Waals surface area contributed by atoms with E-state index in [0.717, 1.165) is 13.0 Å². The average molecular weight is 227 g/mol. The fraction of sp³-hybridized carbons (Fsp3) is 0.636. The number of carboxylic acid groups (broad SMARTS) is 1. The standard InChI is InChI=1S/C11H18N2O3/c1-10(7-12)9-16-6-4-5-13(2,3)8-11(14)15/h1,4-6,8-9H2,2-3H3/p+1. The van der Waals surface area contributed by atoms with Gasteiger partial charge >= 0.3 is 5.97 Å². The van der Waals surface area contributed by atoms with E-state index >= 15 is 0 Å². The van der Waals surface area contributed by atoms with E-state index in [2.05, 4.69) is 6.58 Å². The van der Waals surface area contributed by atoms with Crippen LogP contribution in [-0.2, 0) is 9.53 Å². The van der Waals surface area contributed by atoms with Crippen molar-refractivity contribution in [3.05, 3.63) is 12.2 Å². The number of ether oxygens (including phenoxy) is 1. The van der Waals surface area contributed by atoms with Gasteiger partial charge in [0.2, 0.25) is 0 Å². The third-order valence-electron chi connectivity index (χ3n) is 2.05. The van der Waals surface area contributed by atoms with Crippen LogP contribution in [0.5, 0.6) is 0 Å². The normalized spacial score (nSPS) is 10.8. The molecular formula is C11H19N2O3+. The Kier molecular flexibility index (Phi) is 6.38. The second-order valence-corrected chi connectivity index (χ2v) is 4.33. The summed E-state index contributed by atoms with van der Waals surface area (Å²) >= 11 is 0. The van der Waals surface area contributed by atoms with Crippen LogP contribution >= 0.6 is 0 Å². The van der Waals surface area contributed by atoms with Crippen molar-refractivity contribution in [2.24, 2.45) is 0 Å². The maximum Gasteiger partial charge on any atom is 0.359 e. The fourth-order valence-electron chi connectivity index (χ4n) is 1.27. The molecule has 5 nitrogen and oxygen atoms in total. The lowest BCUT2D eigenvalue weighted by Crippen LogP contribution is -2.44. The Morgan fingerprint density at radius 1 is 1.56 bits per heavy atom. The van der Waals surface area contributed by atoms with E-state index in [-0.39, 0.29) is 13.2 Å². The number of carbonyl (C=O) groups is 1. The molecule has 0 aromatic heterocycles. The van der Waals surface area contributed by atoms with E-state index in [1.807, 2.05) is 20.2 Å². The summed E-state index contributed by atoms with van der Waals surface area (Å²) in [5.41, 5.74) is 0.402. The molecule has 0 atom stereocenters. The van der Waals surface area contributed by atoms with E-state index < -0.39 is 5.97 Å². The van der Waals surface area contributed by atoms with Gasteiger partial charge in [0.25, 0.3) is 0 Å². The largest absolute Gasteiger partial charge is 0.477 e. The summed E-state index contributed by atoms with van der Waals surface area (Å²) < 4.78 is 5.64. The van der Waals surface area contributed by atoms with Crippen molar-refractivity contribution in [2.75, 3.05) is 40.4 Å². The first kappa shape index (κ1) is 14.6. The van der Waals surface area contributed by atoms with Crippen LogP contribution in [0.1, 0.15) is 6.42 Å². The molecule has 5 heteroatoms. The molecule has 0 spiro atoms. The number of aliphatic carboxylic acids is 1. The maximum atomic E-state index is 10.5. The number of nitrogens with zero attached hydrogens (tertiary/aromatic N) is 2. The number of quaternary nitrogens is 1. The van der Waals surface area contributed by atoms with Gasteiger partial charge in [0.15, 0.2) is 6.54 Å². The Labute approximate surface area is 96.1 Å². The first-order valence-electron chi connectivity index (χ1n) is 5.07. The van der Waals surface area contributed by atoms with Gasteiger partial charge in [-0.05, 0) is 0 Å². The van der Waals surface area contributed by atoms with Gasteiger partial charge < -0.3 is 14.3 Å². The second-order valence-electron chi connectivity index (χ2n) is 4.33. The van der Waals surface area contributed by atoms with Crippen molar-refractivity contribution < 1.29 is 19.1 Å². The molecule has 16 heavy (non-hydrogen) atoms. The number of nitriles is 1. The van der Waals surface area contributed by atoms with Crippen molar-refractivity contribution in [1.29, 1.82) is 5.26 Å². The van der Waals surface area contributed by atoms with Crippen molar-refractivity contribution in [2.45, 2.75) is 6.42 Å². The van der Waals surface area contributed by atoms with E-state index in [1.165, 1.54) is 0 Å². The fourth-order valence-corrected chi connectivity index (χ4v) is 1.27. The zero-order valence-corrected chi connectivity index (χ0v) is 9.90. The van der Waals surface area contributed by atoms with E-state index in [1.54, 1.807) is 0 Å². The van der Waals surface area contributed by atoms with Crippen molar-refractivity contribution in [1.82, 2.24) is 0 Å². The minimum Gasteiger partial charge on any atom is -0.477 e. The maximum absolute atomic E-state index is 10.5. The van der Waals surface area contributed by atoms with Gasteiger partial charge in [-0.2, -0.15) is 5.26 Å². The molecule has 0 unspecified atom stereocenters. The summed E-state index contributed by atoms with van der Waals surface area (Å²) in [6, 6.07) is 1.90. The number of carboxylic acids is 1. The van der Waals surface area contributed by atoms with Crippen molar-refractivity contribution in [3.8, 4) is 6.07 Å². The smallest absolute Gasteiger partial charge is 0.359 e. The van der Waals surface area contributed by atoms with Gasteiger partial charge in [-0.25, -0.2) is 4.79 Å². The third-order valence-corrected chi connectivity index (χ3v) is 2.05. The molecule has 1 N–H and O–H groups in total. The minimum absolute atomic E-state index is 0.102. The van der Waals surface area contributed by atoms with Crippen LogP contribution in [0, 0.1) is 11.3 Å². The van der Waals surface area contributed by atoms with Gasteiger partial charge in [0, 0.05) is 12.0 Å². The SMILES string of the molecule is C=C(C#N)COCCC[N+](C)(C)CC(=O)O. The third kappa shape index (κ3) is 7.97. The highest BCUT2D eigenvalue weighted by molar-refractivity contribution is 5.67. The highest BCUT2D eigenvalue weighted by Crippen LogP contribution is 2.00. The van der Waals surface area contributed by atoms with Crippen LogP contribution in [-0.4, -0.2) is 56.0 Å². The number of hydrogen-bond acceptors (Lipinski definition) is 3. The minimum atomic E-state index is -0.802. The summed E-state index contributed by atoms with van der Waals surface area (Å²) in [6.45, 7) is 5.09. The Morgan fingerprint density at radius 2 is 2.19 bits per heavy atom. The molecule has 0 radical (unpaired) electrons. The van der Waals surface area contributed by atoms with E-state index in [0.29, 0.717) is 16.7 Å². The number of likely N-dealkylation sites (N-methyl/N-ethyl adjacent to an activating group) is 1. The lowest BCUT2D eigenvalue weighted by Gasteiger charge is -2.27. The highest BCUT2D eigenvalue weighted by Gasteiger charge is 2.18. The topological polar surface area (TPSA) is 70.3 Å². The summed E-state index contributed by atoms with van der Waals surface area (Å²) in [5, 5.41) is 17.1. The van der Waals surface area contributed by atoms with Crippen LogP contribution in [0.15, 0.2) is 12.2 Å². The molecule has 0 aliphatic heterocycles. The second kappa shape index (κ2) is 6.99. The molecule has 0 bridgehead atoms. The molecular weight excluding hydrogens is 208 g/mol. The van der Waals surface area contributed by atoms with Gasteiger partial charge in [0.05, 0.1) is 39.9 Å². The van der Waals surface area contributed by atoms with Crippen molar-refractivity contribution >= 4 is 5.97 Å². The Balaban J connectivity index is 3.62. The predicted octanol–water partition coefficient (Wildman–Crippen LogP) is 0.634. The number of rotatable bonds is 8. The Morgan fingerprint density at radius 3 is 2.69 bits per heavy atom. The predicted molar refractivity (Wildman–Crippen MR) is 59.7 cm³/mol. The van der Waals surface area contributed by atoms with Crippen LogP contribution in [0.3, 0.4) is 0 Å². The lowest BCUT2D eigenvalue weighted by molar-refractivity contribution is -0.883. The van der Waals surface area contributed by atoms with Crippen LogP contribution < -0.4 is 0 Å². The van der Waals surface area contributed by atoms with Crippen molar-refractivity contribution in [3.63, 3.8) is 0 Å². The zero-order chi connectivity index (χ0) is 12.6. The molecule has 0 aromatic carbocycles. The first-order valence-corrected chi connectivity index (χ1v) is 5.07. The zero-order valence-electron chi connectivity index (χ0n) is 9.90. The van der Waals surface area contributed by atoms with Crippen LogP contribution in [0.25, 0.3) is 0 Å². The molecule has 0 aliphatic rings. The quantitative estimate of drug-likeness (QED) is 0.375. The Hall–Kier alpha value is -1.38. The van der Waals surface area contributed by atoms with Gasteiger partial charge in [-0.3, -0.25) is 0 Å². The summed E-state index contributed by atoms with van der Waals surface area (Å²) in [7, 11) is 3.73. The molecule has 90 valence electrons. The number of hydrogen-bond donors (Lipinski definition) is 1. The molecule has 0 rings (SSSR count). The van der Waals surface area contributed by atoms with Gasteiger partial charge in [-0.1, -0.05) is 6.58 Å². The molecule has 0 heterocycles. The van der Waals surface area contributed by atoms with Crippen LogP contribution in [0.4, 0.5) is 0 Å². The Bertz CT molecular complexity index is 292. The monoisotopic (exact) mass is 227 g/mol. The van der Waals surface area contributed by atoms with Gasteiger partial charge in [-0.15, -0.1) is 0 Å². The molecule has 0 aromatic rings. The van der Waals surface area contributed by atoms with Gasteiger partial charge in [0.1, 0.15) is 0 Å². The summed E-state index contributed by atoms with van der Waals surface area (Å²) in [6.07, 6.45) is 0.763. The van der Waals surface area contributed by atoms with E-state index in [9.17, 15) is 4.79 Å². The highest BCUT2D eigenvalue weighted by atomic mass is 16.5.